The van der Waals surface area contributed by atoms with Crippen LogP contribution in [0.15, 0.2) is 18.5 Å². The molecule has 1 aromatic rings. The number of hydrogen-bond donors (Lipinski definition) is 2. The topological polar surface area (TPSA) is 69.4 Å². The summed E-state index contributed by atoms with van der Waals surface area (Å²) in [5.74, 6) is 7.13. The lowest BCUT2D eigenvalue weighted by Gasteiger charge is -2.35. The van der Waals surface area contributed by atoms with Crippen LogP contribution in [0, 0.1) is 5.92 Å². The minimum Gasteiger partial charge on any atom is -0.495 e. The Labute approximate surface area is 127 Å². The summed E-state index contributed by atoms with van der Waals surface area (Å²) in [5, 5.41) is 0. The van der Waals surface area contributed by atoms with Gasteiger partial charge >= 0.3 is 0 Å². The van der Waals surface area contributed by atoms with Crippen molar-refractivity contribution < 1.29 is 9.47 Å². The summed E-state index contributed by atoms with van der Waals surface area (Å²) >= 11 is 0. The molecule has 21 heavy (non-hydrogen) atoms. The highest BCUT2D eigenvalue weighted by Crippen LogP contribution is 2.34. The van der Waals surface area contributed by atoms with Crippen LogP contribution >= 0.6 is 0 Å². The van der Waals surface area contributed by atoms with E-state index in [9.17, 15) is 0 Å². The quantitative estimate of drug-likeness (QED) is 0.597. The second kappa shape index (κ2) is 8.32. The van der Waals surface area contributed by atoms with Gasteiger partial charge in [-0.2, -0.15) is 0 Å². The van der Waals surface area contributed by atoms with E-state index in [2.05, 4.69) is 10.4 Å². The number of nitrogens with two attached hydrogens (primary N) is 1. The first-order chi connectivity index (χ1) is 10.3. The highest BCUT2D eigenvalue weighted by atomic mass is 16.5. The molecule has 1 saturated carbocycles. The maximum Gasteiger partial charge on any atom is 0.137 e. The van der Waals surface area contributed by atoms with Crippen molar-refractivity contribution in [1.82, 2.24) is 10.4 Å². The van der Waals surface area contributed by atoms with Gasteiger partial charge in [-0.05, 0) is 37.3 Å². The summed E-state index contributed by atoms with van der Waals surface area (Å²) in [5.41, 5.74) is 3.95. The first-order valence-electron chi connectivity index (χ1n) is 7.86. The van der Waals surface area contributed by atoms with Crippen molar-refractivity contribution >= 4 is 0 Å². The zero-order chi connectivity index (χ0) is 15.1. The summed E-state index contributed by atoms with van der Waals surface area (Å²) in [6.45, 7) is 2.73. The molecule has 2 rings (SSSR count). The van der Waals surface area contributed by atoms with Gasteiger partial charge in [0.1, 0.15) is 5.75 Å². The highest BCUT2D eigenvalue weighted by Gasteiger charge is 2.32. The third kappa shape index (κ3) is 4.15. The smallest absolute Gasteiger partial charge is 0.137 e. The molecule has 1 fully saturated rings. The predicted molar refractivity (Wildman–Crippen MR) is 82.8 cm³/mol. The van der Waals surface area contributed by atoms with E-state index in [0.717, 1.165) is 11.3 Å². The van der Waals surface area contributed by atoms with E-state index in [-0.39, 0.29) is 12.1 Å². The molecule has 1 heterocycles. The number of rotatable bonds is 7. The van der Waals surface area contributed by atoms with E-state index in [1.165, 1.54) is 32.1 Å². The Morgan fingerprint density at radius 3 is 2.71 bits per heavy atom. The molecule has 0 bridgehead atoms. The van der Waals surface area contributed by atoms with Crippen LogP contribution in [0.2, 0.25) is 0 Å². The summed E-state index contributed by atoms with van der Waals surface area (Å²) in [6.07, 6.45) is 9.92. The number of aromatic nitrogens is 1. The first kappa shape index (κ1) is 16.2. The fourth-order valence-corrected chi connectivity index (χ4v) is 3.26. The van der Waals surface area contributed by atoms with E-state index in [1.54, 1.807) is 13.3 Å². The van der Waals surface area contributed by atoms with Gasteiger partial charge in [0.25, 0.3) is 0 Å². The molecule has 0 radical (unpaired) electrons. The monoisotopic (exact) mass is 293 g/mol. The number of pyridine rings is 1. The molecule has 1 aliphatic rings. The molecular weight excluding hydrogens is 266 g/mol. The van der Waals surface area contributed by atoms with Gasteiger partial charge in [-0.3, -0.25) is 16.3 Å². The van der Waals surface area contributed by atoms with Crippen LogP contribution in [0.3, 0.4) is 0 Å². The molecule has 2 atom stereocenters. The standard InChI is InChI=1S/C16H27N3O2/c1-3-21-16(12-7-5-4-6-8-12)15(19-17)13-9-14(20-2)11-18-10-13/h9-12,15-16,19H,3-8,17H2,1-2H3. The van der Waals surface area contributed by atoms with Crippen molar-refractivity contribution in [1.29, 1.82) is 0 Å². The summed E-state index contributed by atoms with van der Waals surface area (Å²) in [6, 6.07) is 1.92. The first-order valence-corrected chi connectivity index (χ1v) is 7.86. The summed E-state index contributed by atoms with van der Waals surface area (Å²) in [4.78, 5) is 4.24. The van der Waals surface area contributed by atoms with Crippen molar-refractivity contribution in [2.75, 3.05) is 13.7 Å². The van der Waals surface area contributed by atoms with E-state index >= 15 is 0 Å². The molecule has 2 unspecified atom stereocenters. The molecule has 5 heteroatoms. The molecule has 1 aliphatic carbocycles. The second-order valence-electron chi connectivity index (χ2n) is 5.62. The number of hydrogen-bond acceptors (Lipinski definition) is 5. The molecule has 0 amide bonds. The molecule has 1 aromatic heterocycles. The van der Waals surface area contributed by atoms with Crippen molar-refractivity contribution in [2.24, 2.45) is 11.8 Å². The van der Waals surface area contributed by atoms with Crippen LogP contribution in [-0.4, -0.2) is 24.8 Å². The number of nitrogens with one attached hydrogen (secondary N) is 1. The van der Waals surface area contributed by atoms with Crippen LogP contribution in [-0.2, 0) is 4.74 Å². The molecule has 3 N–H and O–H groups in total. The van der Waals surface area contributed by atoms with Gasteiger partial charge in [0, 0.05) is 12.8 Å². The molecule has 118 valence electrons. The Morgan fingerprint density at radius 1 is 1.33 bits per heavy atom. The van der Waals surface area contributed by atoms with Crippen LogP contribution in [0.25, 0.3) is 0 Å². The molecular formula is C16H27N3O2. The second-order valence-corrected chi connectivity index (χ2v) is 5.62. The lowest BCUT2D eigenvalue weighted by Crippen LogP contribution is -2.42. The normalized spacial score (nSPS) is 19.2. The van der Waals surface area contributed by atoms with Crippen molar-refractivity contribution in [3.8, 4) is 5.75 Å². The average Bonchev–Trinajstić information content (AvgIpc) is 2.56. The summed E-state index contributed by atoms with van der Waals surface area (Å²) < 4.78 is 11.3. The van der Waals surface area contributed by atoms with Gasteiger partial charge < -0.3 is 9.47 Å². The number of ether oxygens (including phenoxy) is 2. The Kier molecular flexibility index (Phi) is 6.42. The van der Waals surface area contributed by atoms with Crippen molar-refractivity contribution in [3.63, 3.8) is 0 Å². The van der Waals surface area contributed by atoms with Gasteiger partial charge in [0.05, 0.1) is 25.5 Å². The molecule has 0 aromatic carbocycles. The molecule has 5 nitrogen and oxygen atoms in total. The van der Waals surface area contributed by atoms with Crippen molar-refractivity contribution in [3.05, 3.63) is 24.0 Å². The minimum atomic E-state index is -0.0596. The number of nitrogens with zero attached hydrogens (tertiary/aromatic N) is 1. The Morgan fingerprint density at radius 2 is 2.10 bits per heavy atom. The van der Waals surface area contributed by atoms with E-state index in [0.29, 0.717) is 12.5 Å². The fraction of sp³-hybridized carbons (Fsp3) is 0.688. The Hall–Kier alpha value is -1.17. The predicted octanol–water partition coefficient (Wildman–Crippen LogP) is 2.58. The zero-order valence-corrected chi connectivity index (χ0v) is 13.0. The van der Waals surface area contributed by atoms with Crippen molar-refractivity contribution in [2.45, 2.75) is 51.2 Å². The maximum atomic E-state index is 6.05. The van der Waals surface area contributed by atoms with Crippen LogP contribution in [0.4, 0.5) is 0 Å². The van der Waals surface area contributed by atoms with Gasteiger partial charge in [0.2, 0.25) is 0 Å². The highest BCUT2D eigenvalue weighted by molar-refractivity contribution is 5.26. The lowest BCUT2D eigenvalue weighted by molar-refractivity contribution is -0.0185. The SMILES string of the molecule is CCOC(C1CCCCC1)C(NN)c1cncc(OC)c1. The third-order valence-corrected chi connectivity index (χ3v) is 4.31. The van der Waals surface area contributed by atoms with Crippen LogP contribution < -0.4 is 16.0 Å². The average molecular weight is 293 g/mol. The van der Waals surface area contributed by atoms with Crippen LogP contribution in [0.5, 0.6) is 5.75 Å². The lowest BCUT2D eigenvalue weighted by atomic mass is 9.81. The van der Waals surface area contributed by atoms with E-state index in [4.69, 9.17) is 15.3 Å². The molecule has 0 spiro atoms. The van der Waals surface area contributed by atoms with Gasteiger partial charge in [-0.1, -0.05) is 19.3 Å². The zero-order valence-electron chi connectivity index (χ0n) is 13.0. The maximum absolute atomic E-state index is 6.05. The van der Waals surface area contributed by atoms with Gasteiger partial charge in [-0.15, -0.1) is 0 Å². The van der Waals surface area contributed by atoms with E-state index < -0.39 is 0 Å². The van der Waals surface area contributed by atoms with Crippen LogP contribution in [0.1, 0.15) is 50.6 Å². The Balaban J connectivity index is 2.21. The largest absolute Gasteiger partial charge is 0.495 e. The number of hydrazine groups is 1. The Bertz CT molecular complexity index is 422. The van der Waals surface area contributed by atoms with E-state index in [1.807, 2.05) is 19.2 Å². The fourth-order valence-electron chi connectivity index (χ4n) is 3.26. The summed E-state index contributed by atoms with van der Waals surface area (Å²) in [7, 11) is 1.65. The number of methoxy groups -OCH3 is 1. The van der Waals surface area contributed by atoms with Gasteiger partial charge in [0.15, 0.2) is 0 Å². The molecule has 0 aliphatic heterocycles. The molecule has 0 saturated heterocycles. The van der Waals surface area contributed by atoms with Gasteiger partial charge in [-0.25, -0.2) is 0 Å². The minimum absolute atomic E-state index is 0.0596. The third-order valence-electron chi connectivity index (χ3n) is 4.31.